The predicted molar refractivity (Wildman–Crippen MR) is 230 cm³/mol. The van der Waals surface area contributed by atoms with Crippen LogP contribution in [0.1, 0.15) is 11.3 Å². The van der Waals surface area contributed by atoms with E-state index in [0.29, 0.717) is 5.75 Å². The summed E-state index contributed by atoms with van der Waals surface area (Å²) in [5.74, 6) is 39.9. The Hall–Kier alpha value is -7.73. The minimum Gasteiger partial charge on any atom is -0.508 e. The third-order valence-corrected chi connectivity index (χ3v) is 12.4. The van der Waals surface area contributed by atoms with Crippen LogP contribution in [-0.2, 0) is 16.6 Å². The van der Waals surface area contributed by atoms with Gasteiger partial charge in [0.2, 0.25) is 0 Å². The molecule has 1 nitrogen and oxygen atoms in total. The molecule has 0 spiro atoms. The number of benzene rings is 2. The van der Waals surface area contributed by atoms with Crippen molar-refractivity contribution >= 4 is 25.9 Å². The molecule has 0 aliphatic rings. The molecule has 2 aromatic rings. The van der Waals surface area contributed by atoms with Crippen LogP contribution in [-0.4, -0.2) is 75.8 Å². The van der Waals surface area contributed by atoms with Crippen molar-refractivity contribution in [3.63, 3.8) is 0 Å². The van der Waals surface area contributed by atoms with Crippen LogP contribution in [0.4, 0.5) is 105 Å². The fourth-order valence-corrected chi connectivity index (χ4v) is 7.44. The second kappa shape index (κ2) is 33.0. The fourth-order valence-electron chi connectivity index (χ4n) is 2.65. The molecule has 0 aliphatic heterocycles. The maximum Gasteiger partial charge on any atom is 0.487 e. The van der Waals surface area contributed by atoms with Crippen LogP contribution in [0.15, 0.2) is 59.5 Å². The summed E-state index contributed by atoms with van der Waals surface area (Å²) in [6.07, 6.45) is -26.1. The van der Waals surface area contributed by atoms with Crippen molar-refractivity contribution in [1.82, 2.24) is 0 Å². The van der Waals surface area contributed by atoms with Gasteiger partial charge in [0.25, 0.3) is 0 Å². The van der Waals surface area contributed by atoms with E-state index >= 15 is 0 Å². The molecule has 0 amide bonds. The van der Waals surface area contributed by atoms with Gasteiger partial charge in [-0.1, -0.05) is 30.3 Å². The average molecular weight is 1150 g/mol. The van der Waals surface area contributed by atoms with E-state index in [2.05, 4.69) is 143 Å². The summed E-state index contributed by atoms with van der Waals surface area (Å²) >= 11 is -3.91. The Morgan fingerprint density at radius 1 is 0.384 bits per heavy atom. The van der Waals surface area contributed by atoms with Crippen molar-refractivity contribution in [2.24, 2.45) is 0 Å². The number of phenols is 1. The first-order valence-corrected chi connectivity index (χ1v) is 23.7. The number of alkyl halides is 24. The fraction of sp³-hybridized carbons (Fsp3) is 0.217. The maximum atomic E-state index is 10.4. The van der Waals surface area contributed by atoms with E-state index in [9.17, 15) is 110 Å². The van der Waals surface area contributed by atoms with Gasteiger partial charge in [0.05, 0.1) is 0 Å². The van der Waals surface area contributed by atoms with Crippen LogP contribution in [0.25, 0.3) is 0 Å². The van der Waals surface area contributed by atoms with Gasteiger partial charge in [-0.2, -0.15) is 105 Å². The van der Waals surface area contributed by atoms with Gasteiger partial charge >= 0.3 is 203 Å². The van der Waals surface area contributed by atoms with Crippen LogP contribution < -0.4 is 0 Å². The molecule has 0 aliphatic carbocycles. The molecule has 0 aromatic heterocycles. The zero-order chi connectivity index (χ0) is 58.0. The van der Waals surface area contributed by atoms with Crippen LogP contribution >= 0.6 is 0 Å². The molecular formula is C46H27F24GaOS. The predicted octanol–water partition coefficient (Wildman–Crippen LogP) is 12.8. The number of rotatable bonds is 3. The van der Waals surface area contributed by atoms with Gasteiger partial charge in [0.15, 0.2) is 4.90 Å². The summed E-state index contributed by atoms with van der Waals surface area (Å²) in [6.45, 7) is 0. The standard InChI is InChI=1S/C14H14OS.4C6H.4C2F6.Ga.4H2/c1-16(11-12-5-3-2-4-6-12)14-9-7-13(15)8-10-14;4*1-3-5-6-4-2;4*3-1(4,5)2(6,7)8;;;;;/h2-10H,11H2,1H3;4*1H;;;;;;4*1H/q;;;;;;;;;-1;;;;/p+1. The number of phenolic OH excluding ortho intramolecular Hbond substituents is 1. The third kappa shape index (κ3) is 36.8. The first kappa shape index (κ1) is 71.8. The summed E-state index contributed by atoms with van der Waals surface area (Å²) in [6, 6.07) is 18.0. The van der Waals surface area contributed by atoms with E-state index in [1.807, 2.05) is 18.2 Å². The topological polar surface area (TPSA) is 20.2 Å². The minimum atomic E-state index is -6.06. The number of halogens is 24. The molecule has 0 saturated heterocycles. The molecule has 394 valence electrons. The number of hydrogen-bond acceptors (Lipinski definition) is 1. The second-order valence-corrected chi connectivity index (χ2v) is 19.4. The van der Waals surface area contributed by atoms with Crippen molar-refractivity contribution in [2.45, 2.75) is 60.1 Å². The Labute approximate surface area is 411 Å². The Morgan fingerprint density at radius 3 is 0.822 bits per heavy atom. The minimum absolute atomic E-state index is 0. The van der Waals surface area contributed by atoms with E-state index in [-0.39, 0.29) is 16.6 Å². The molecule has 0 saturated carbocycles. The quantitative estimate of drug-likeness (QED) is 0.141. The zero-order valence-electron chi connectivity index (χ0n) is 35.2. The second-order valence-electron chi connectivity index (χ2n) is 11.3. The molecule has 1 unspecified atom stereocenters. The van der Waals surface area contributed by atoms with Crippen molar-refractivity contribution < 1.29 is 116 Å². The van der Waals surface area contributed by atoms with E-state index in [0.717, 1.165) is 5.75 Å². The summed E-state index contributed by atoms with van der Waals surface area (Å²) in [7, 11) is 0.196. The molecule has 1 N–H and O–H groups in total. The number of hydrogen-bond donors (Lipinski definition) is 1. The van der Waals surface area contributed by atoms with Crippen LogP contribution in [0, 0.1) is 138 Å². The van der Waals surface area contributed by atoms with Crippen molar-refractivity contribution in [2.75, 3.05) is 6.26 Å². The van der Waals surface area contributed by atoms with Crippen molar-refractivity contribution in [1.29, 1.82) is 0 Å². The van der Waals surface area contributed by atoms with Crippen LogP contribution in [0.2, 0.25) is 0 Å². The van der Waals surface area contributed by atoms with Crippen LogP contribution in [0.5, 0.6) is 5.75 Å². The maximum absolute atomic E-state index is 10.4. The van der Waals surface area contributed by atoms with Gasteiger partial charge in [0.1, 0.15) is 17.8 Å². The van der Waals surface area contributed by atoms with Crippen LogP contribution in [0.3, 0.4) is 0 Å². The molecule has 73 heavy (non-hydrogen) atoms. The molecule has 27 heteroatoms. The smallest absolute Gasteiger partial charge is 0.487 e. The summed E-state index contributed by atoms with van der Waals surface area (Å²) in [5, 5.41) is 9.23. The molecule has 0 bridgehead atoms. The summed E-state index contributed by atoms with van der Waals surface area (Å²) in [4.78, 5) is 1.29. The van der Waals surface area contributed by atoms with Gasteiger partial charge < -0.3 is 5.11 Å². The Morgan fingerprint density at radius 2 is 0.616 bits per heavy atom. The summed E-state index contributed by atoms with van der Waals surface area (Å²) in [5.41, 5.74) is 1.36. The van der Waals surface area contributed by atoms with Gasteiger partial charge in [-0.25, -0.2) is 0 Å². The first-order valence-electron chi connectivity index (χ1n) is 17.1. The van der Waals surface area contributed by atoms with Crippen molar-refractivity contribution in [3.05, 3.63) is 60.2 Å². The Bertz CT molecular complexity index is 2430. The number of aromatic hydroxyl groups is 1. The first-order chi connectivity index (χ1) is 33.0. The van der Waals surface area contributed by atoms with Crippen molar-refractivity contribution in [3.8, 4) is 144 Å². The van der Waals surface area contributed by atoms with Gasteiger partial charge in [-0.3, -0.25) is 0 Å². The molecule has 0 heterocycles. The SMILES string of the molecule is C#CC#CC#[C][Ga-]([C]#CC#CC#C)([C]#CC#CC#C)[C]#CC#CC#C.C[S+](Cc1ccccc1)c1ccc(O)cc1.FC(F)(F)C(F)(F)F.FC(F)(F)C(F)(F)F.FC(F)(F)C(F)(F)F.FC(F)(F)C(F)(F)F.[HH].[HH].[HH].[HH]. The van der Waals surface area contributed by atoms with E-state index in [1.54, 1.807) is 12.1 Å². The molecule has 0 fully saturated rings. The normalized spacial score (nSPS) is 10.8. The molecule has 0 radical (unpaired) electrons. The van der Waals surface area contributed by atoms with E-state index < -0.39 is 64.4 Å². The summed E-state index contributed by atoms with van der Waals surface area (Å²) < 4.78 is 262. The van der Waals surface area contributed by atoms with Gasteiger partial charge in [-0.15, -0.1) is 0 Å². The molecule has 2 rings (SSSR count). The number of terminal acetylenes is 4. The third-order valence-electron chi connectivity index (χ3n) is 5.69. The Balaban J connectivity index is -0.000000132. The van der Waals surface area contributed by atoms with Gasteiger partial charge in [-0.05, 0) is 24.3 Å². The molecule has 1 atom stereocenters. The largest absolute Gasteiger partial charge is 0.508 e. The van der Waals surface area contributed by atoms with E-state index in [1.165, 1.54) is 10.5 Å². The monoisotopic (exact) mass is 1150 g/mol. The Kier molecular flexibility index (Phi) is 32.5. The molecule has 2 aromatic carbocycles. The zero-order valence-corrected chi connectivity index (χ0v) is 38.5. The van der Waals surface area contributed by atoms with Gasteiger partial charge in [0, 0.05) is 22.2 Å². The molecular weight excluding hydrogens is 1130 g/mol. The average Bonchev–Trinajstić information content (AvgIpc) is 3.23. The van der Waals surface area contributed by atoms with E-state index in [4.69, 9.17) is 25.7 Å².